The summed E-state index contributed by atoms with van der Waals surface area (Å²) >= 11 is 0. The maximum Gasteiger partial charge on any atom is 0.324 e. The number of hydrogen-bond acceptors (Lipinski definition) is 4. The number of nitrogens with zero attached hydrogens (tertiary/aromatic N) is 1. The van der Waals surface area contributed by atoms with Crippen LogP contribution in [0.4, 0.5) is 0 Å². The van der Waals surface area contributed by atoms with Crippen LogP contribution in [0.5, 0.6) is 0 Å². The van der Waals surface area contributed by atoms with Crippen molar-refractivity contribution in [1.82, 2.24) is 4.31 Å². The van der Waals surface area contributed by atoms with Gasteiger partial charge >= 0.3 is 5.97 Å². The van der Waals surface area contributed by atoms with Crippen molar-refractivity contribution in [3.8, 4) is 0 Å². The van der Waals surface area contributed by atoms with Crippen molar-refractivity contribution in [2.75, 3.05) is 13.2 Å². The van der Waals surface area contributed by atoms with E-state index in [0.29, 0.717) is 17.9 Å². The van der Waals surface area contributed by atoms with Gasteiger partial charge in [0.15, 0.2) is 0 Å². The summed E-state index contributed by atoms with van der Waals surface area (Å²) in [5.74, 6) is -0.443. The van der Waals surface area contributed by atoms with Gasteiger partial charge in [0.2, 0.25) is 10.0 Å². The first kappa shape index (κ1) is 19.9. The molecular formula is C19H29NO4S. The molecule has 0 aromatic heterocycles. The van der Waals surface area contributed by atoms with Crippen molar-refractivity contribution in [1.29, 1.82) is 0 Å². The molecule has 2 rings (SSSR count). The highest BCUT2D eigenvalue weighted by Gasteiger charge is 2.40. The number of rotatable bonds is 4. The van der Waals surface area contributed by atoms with Crippen LogP contribution in [0.15, 0.2) is 4.90 Å². The van der Waals surface area contributed by atoms with Gasteiger partial charge in [-0.15, -0.1) is 0 Å². The molecule has 0 N–H and O–H groups in total. The monoisotopic (exact) mass is 367 g/mol. The Labute approximate surface area is 151 Å². The Hall–Kier alpha value is -1.40. The Morgan fingerprint density at radius 1 is 1.00 bits per heavy atom. The molecule has 0 amide bonds. The summed E-state index contributed by atoms with van der Waals surface area (Å²) in [4.78, 5) is 12.7. The van der Waals surface area contributed by atoms with E-state index < -0.39 is 22.0 Å². The minimum atomic E-state index is -3.77. The first-order valence-electron chi connectivity index (χ1n) is 8.90. The van der Waals surface area contributed by atoms with Gasteiger partial charge in [-0.1, -0.05) is 0 Å². The Morgan fingerprint density at radius 3 is 2.04 bits per heavy atom. The molecule has 0 aliphatic carbocycles. The summed E-state index contributed by atoms with van der Waals surface area (Å²) in [7, 11) is -3.77. The molecule has 5 nitrogen and oxygen atoms in total. The highest BCUT2D eigenvalue weighted by atomic mass is 32.2. The summed E-state index contributed by atoms with van der Waals surface area (Å²) < 4.78 is 33.4. The third-order valence-electron chi connectivity index (χ3n) is 5.51. The lowest BCUT2D eigenvalue weighted by molar-refractivity contribution is -0.148. The smallest absolute Gasteiger partial charge is 0.324 e. The van der Waals surface area contributed by atoms with Gasteiger partial charge in [0.25, 0.3) is 0 Å². The zero-order valence-corrected chi connectivity index (χ0v) is 16.9. The van der Waals surface area contributed by atoms with Crippen LogP contribution in [0.3, 0.4) is 0 Å². The zero-order chi connectivity index (χ0) is 18.9. The number of sulfonamides is 1. The van der Waals surface area contributed by atoms with Crippen LogP contribution < -0.4 is 0 Å². The Kier molecular flexibility index (Phi) is 5.94. The lowest BCUT2D eigenvalue weighted by Crippen LogP contribution is -2.48. The Balaban J connectivity index is 2.59. The molecule has 6 heteroatoms. The minimum Gasteiger partial charge on any atom is -0.465 e. The quantitative estimate of drug-likeness (QED) is 0.766. The lowest BCUT2D eigenvalue weighted by atomic mass is 9.95. The maximum absolute atomic E-state index is 13.5. The van der Waals surface area contributed by atoms with Gasteiger partial charge in [-0.05, 0) is 88.6 Å². The average molecular weight is 368 g/mol. The van der Waals surface area contributed by atoms with Crippen molar-refractivity contribution < 1.29 is 17.9 Å². The van der Waals surface area contributed by atoms with E-state index in [1.807, 2.05) is 34.6 Å². The van der Waals surface area contributed by atoms with Gasteiger partial charge in [0.1, 0.15) is 6.04 Å². The number of ether oxygens (including phenoxy) is 1. The fraction of sp³-hybridized carbons (Fsp3) is 0.632. The fourth-order valence-corrected chi connectivity index (χ4v) is 5.85. The summed E-state index contributed by atoms with van der Waals surface area (Å²) in [5.41, 5.74) is 4.65. The van der Waals surface area contributed by atoms with E-state index in [9.17, 15) is 13.2 Å². The van der Waals surface area contributed by atoms with E-state index in [1.165, 1.54) is 4.31 Å². The molecule has 1 saturated heterocycles. The normalized spacial score (nSPS) is 19.0. The zero-order valence-electron chi connectivity index (χ0n) is 16.1. The molecule has 0 radical (unpaired) electrons. The molecule has 0 saturated carbocycles. The number of carbonyl (C=O) groups excluding carboxylic acids is 1. The van der Waals surface area contributed by atoms with E-state index in [0.717, 1.165) is 40.7 Å². The lowest BCUT2D eigenvalue weighted by Gasteiger charge is -2.34. The second-order valence-corrected chi connectivity index (χ2v) is 8.66. The highest BCUT2D eigenvalue weighted by molar-refractivity contribution is 7.89. The third-order valence-corrected chi connectivity index (χ3v) is 7.69. The summed E-state index contributed by atoms with van der Waals surface area (Å²) in [6.45, 7) is 12.0. The molecule has 1 aromatic rings. The molecule has 1 atom stereocenters. The average Bonchev–Trinajstić information content (AvgIpc) is 2.58. The second kappa shape index (κ2) is 7.46. The van der Waals surface area contributed by atoms with Crippen LogP contribution >= 0.6 is 0 Å². The van der Waals surface area contributed by atoms with Crippen LogP contribution in [0, 0.1) is 34.6 Å². The Bertz CT molecular complexity index is 754. The summed E-state index contributed by atoms with van der Waals surface area (Å²) in [5, 5.41) is 0. The molecular weight excluding hydrogens is 338 g/mol. The SMILES string of the molecule is CCOC(=O)C1CCCCN1S(=O)(=O)c1c(C)c(C)c(C)c(C)c1C. The molecule has 1 aromatic carbocycles. The van der Waals surface area contributed by atoms with Gasteiger partial charge in [-0.3, -0.25) is 4.79 Å². The standard InChI is InChI=1S/C19H29NO4S/c1-7-24-19(21)17-10-8-9-11-20(17)25(22,23)18-15(5)13(3)12(2)14(4)16(18)6/h17H,7-11H2,1-6H3. The van der Waals surface area contributed by atoms with Gasteiger partial charge in [-0.25, -0.2) is 8.42 Å². The molecule has 0 bridgehead atoms. The number of hydrogen-bond donors (Lipinski definition) is 0. The highest BCUT2D eigenvalue weighted by Crippen LogP contribution is 2.34. The molecule has 1 aliphatic heterocycles. The van der Waals surface area contributed by atoms with Crippen LogP contribution in [-0.4, -0.2) is 37.9 Å². The number of benzene rings is 1. The minimum absolute atomic E-state index is 0.254. The molecule has 1 aliphatic rings. The van der Waals surface area contributed by atoms with Gasteiger partial charge < -0.3 is 4.74 Å². The van der Waals surface area contributed by atoms with Crippen molar-refractivity contribution >= 4 is 16.0 Å². The van der Waals surface area contributed by atoms with Gasteiger partial charge in [-0.2, -0.15) is 4.31 Å². The molecule has 140 valence electrons. The number of piperidine rings is 1. The topological polar surface area (TPSA) is 63.7 Å². The van der Waals surface area contributed by atoms with Crippen molar-refractivity contribution in [2.45, 2.75) is 71.7 Å². The van der Waals surface area contributed by atoms with E-state index in [2.05, 4.69) is 0 Å². The molecule has 25 heavy (non-hydrogen) atoms. The summed E-state index contributed by atoms with van der Waals surface area (Å²) in [6.07, 6.45) is 2.11. The van der Waals surface area contributed by atoms with Crippen LogP contribution in [0.2, 0.25) is 0 Å². The molecule has 1 fully saturated rings. The van der Waals surface area contributed by atoms with E-state index in [4.69, 9.17) is 4.74 Å². The van der Waals surface area contributed by atoms with Crippen LogP contribution in [-0.2, 0) is 19.6 Å². The van der Waals surface area contributed by atoms with Crippen LogP contribution in [0.25, 0.3) is 0 Å². The van der Waals surface area contributed by atoms with Gasteiger partial charge in [0, 0.05) is 6.54 Å². The number of carbonyl (C=O) groups is 1. The predicted octanol–water partition coefficient (Wildman–Crippen LogP) is 3.34. The first-order valence-corrected chi connectivity index (χ1v) is 10.3. The van der Waals surface area contributed by atoms with E-state index >= 15 is 0 Å². The van der Waals surface area contributed by atoms with Crippen LogP contribution in [0.1, 0.15) is 54.0 Å². The fourth-order valence-electron chi connectivity index (χ4n) is 3.64. The van der Waals surface area contributed by atoms with Crippen molar-refractivity contribution in [3.63, 3.8) is 0 Å². The molecule has 1 heterocycles. The summed E-state index contributed by atoms with van der Waals surface area (Å²) in [6, 6.07) is -0.723. The van der Waals surface area contributed by atoms with Crippen molar-refractivity contribution in [2.24, 2.45) is 0 Å². The second-order valence-electron chi connectivity index (χ2n) is 6.83. The maximum atomic E-state index is 13.5. The van der Waals surface area contributed by atoms with E-state index in [-0.39, 0.29) is 6.61 Å². The Morgan fingerprint density at radius 2 is 1.52 bits per heavy atom. The van der Waals surface area contributed by atoms with E-state index in [1.54, 1.807) is 6.92 Å². The largest absolute Gasteiger partial charge is 0.465 e. The number of esters is 1. The third kappa shape index (κ3) is 3.47. The first-order chi connectivity index (χ1) is 11.6. The van der Waals surface area contributed by atoms with Crippen molar-refractivity contribution in [3.05, 3.63) is 27.8 Å². The molecule has 1 unspecified atom stereocenters. The van der Waals surface area contributed by atoms with Gasteiger partial charge in [0.05, 0.1) is 11.5 Å². The molecule has 0 spiro atoms. The predicted molar refractivity (Wildman–Crippen MR) is 98.3 cm³/mol.